The number of amides is 1. The molecular formula is C16H18BrN3O2S. The number of H-pyrrole nitrogens is 2. The second-order valence-electron chi connectivity index (χ2n) is 5.32. The van der Waals surface area contributed by atoms with Crippen molar-refractivity contribution in [2.24, 2.45) is 0 Å². The Morgan fingerprint density at radius 3 is 2.70 bits per heavy atom. The standard InChI is InChI=1S/C16H18BrN3O2S/c1-9(11-5-3-4-6-13(11)17)18-14(21)8-7-12-10(2)19-16(23)20-15(12)22/h3-6,9H,7-8H2,1-2H3,(H,18,21)(H2,19,20,22,23). The highest BCUT2D eigenvalue weighted by atomic mass is 79.9. The van der Waals surface area contributed by atoms with Crippen LogP contribution >= 0.6 is 28.1 Å². The minimum atomic E-state index is -0.238. The molecule has 1 unspecified atom stereocenters. The molecule has 5 nitrogen and oxygen atoms in total. The molecule has 2 rings (SSSR count). The second kappa shape index (κ2) is 7.70. The van der Waals surface area contributed by atoms with Crippen LogP contribution < -0.4 is 10.9 Å². The van der Waals surface area contributed by atoms with Gasteiger partial charge in [-0.25, -0.2) is 0 Å². The van der Waals surface area contributed by atoms with Gasteiger partial charge < -0.3 is 10.3 Å². The molecule has 0 spiro atoms. The van der Waals surface area contributed by atoms with Crippen LogP contribution in [-0.2, 0) is 11.2 Å². The summed E-state index contributed by atoms with van der Waals surface area (Å²) in [4.78, 5) is 29.5. The number of carbonyl (C=O) groups excluding carboxylic acids is 1. The van der Waals surface area contributed by atoms with Crippen molar-refractivity contribution in [3.05, 3.63) is 60.7 Å². The van der Waals surface area contributed by atoms with Crippen LogP contribution in [0.3, 0.4) is 0 Å². The van der Waals surface area contributed by atoms with Crippen molar-refractivity contribution in [1.82, 2.24) is 15.3 Å². The predicted molar refractivity (Wildman–Crippen MR) is 96.0 cm³/mol. The Hall–Kier alpha value is -1.73. The van der Waals surface area contributed by atoms with Gasteiger partial charge in [0.2, 0.25) is 5.91 Å². The summed E-state index contributed by atoms with van der Waals surface area (Å²) in [7, 11) is 0. The highest BCUT2D eigenvalue weighted by molar-refractivity contribution is 9.10. The number of hydrogen-bond acceptors (Lipinski definition) is 3. The maximum absolute atomic E-state index is 12.1. The molecule has 1 aromatic carbocycles. The van der Waals surface area contributed by atoms with Crippen LogP contribution in [0.4, 0.5) is 0 Å². The Kier molecular flexibility index (Phi) is 5.90. The van der Waals surface area contributed by atoms with E-state index in [2.05, 4.69) is 31.2 Å². The molecule has 0 bridgehead atoms. The lowest BCUT2D eigenvalue weighted by Gasteiger charge is -2.16. The number of halogens is 1. The number of carbonyl (C=O) groups is 1. The lowest BCUT2D eigenvalue weighted by molar-refractivity contribution is -0.121. The van der Waals surface area contributed by atoms with Crippen molar-refractivity contribution >= 4 is 34.1 Å². The Balaban J connectivity index is 2.00. The van der Waals surface area contributed by atoms with E-state index < -0.39 is 0 Å². The fraction of sp³-hybridized carbons (Fsp3) is 0.312. The van der Waals surface area contributed by atoms with Gasteiger partial charge >= 0.3 is 0 Å². The van der Waals surface area contributed by atoms with Crippen LogP contribution in [0.1, 0.15) is 36.2 Å². The monoisotopic (exact) mass is 395 g/mol. The molecule has 2 aromatic rings. The first-order valence-electron chi connectivity index (χ1n) is 7.24. The largest absolute Gasteiger partial charge is 0.350 e. The highest BCUT2D eigenvalue weighted by Gasteiger charge is 2.13. The lowest BCUT2D eigenvalue weighted by Crippen LogP contribution is -2.28. The number of nitrogens with one attached hydrogen (secondary N) is 3. The molecule has 1 aromatic heterocycles. The summed E-state index contributed by atoms with van der Waals surface area (Å²) in [6.07, 6.45) is 0.602. The summed E-state index contributed by atoms with van der Waals surface area (Å²) in [5.41, 5.74) is 2.03. The third kappa shape index (κ3) is 4.62. The zero-order chi connectivity index (χ0) is 17.0. The van der Waals surface area contributed by atoms with Crippen molar-refractivity contribution in [3.63, 3.8) is 0 Å². The van der Waals surface area contributed by atoms with E-state index in [1.54, 1.807) is 6.92 Å². The second-order valence-corrected chi connectivity index (χ2v) is 6.59. The number of benzene rings is 1. The zero-order valence-corrected chi connectivity index (χ0v) is 15.3. The molecule has 0 aliphatic heterocycles. The molecule has 23 heavy (non-hydrogen) atoms. The smallest absolute Gasteiger partial charge is 0.255 e. The van der Waals surface area contributed by atoms with Crippen molar-refractivity contribution < 1.29 is 4.79 Å². The Bertz CT molecular complexity index is 829. The van der Waals surface area contributed by atoms with Gasteiger partial charge in [-0.15, -0.1) is 0 Å². The van der Waals surface area contributed by atoms with Gasteiger partial charge in [0.1, 0.15) is 0 Å². The quantitative estimate of drug-likeness (QED) is 0.679. The average Bonchev–Trinajstić information content (AvgIpc) is 2.46. The van der Waals surface area contributed by atoms with Gasteiger partial charge in [-0.3, -0.25) is 14.6 Å². The number of aromatic nitrogens is 2. The minimum Gasteiger partial charge on any atom is -0.350 e. The highest BCUT2D eigenvalue weighted by Crippen LogP contribution is 2.22. The number of rotatable bonds is 5. The van der Waals surface area contributed by atoms with E-state index in [0.29, 0.717) is 22.4 Å². The fourth-order valence-corrected chi connectivity index (χ4v) is 3.26. The van der Waals surface area contributed by atoms with Crippen LogP contribution in [0.15, 0.2) is 33.5 Å². The van der Waals surface area contributed by atoms with E-state index in [1.807, 2.05) is 31.2 Å². The maximum atomic E-state index is 12.1. The van der Waals surface area contributed by atoms with Crippen molar-refractivity contribution in [2.75, 3.05) is 0 Å². The summed E-state index contributed by atoms with van der Waals surface area (Å²) < 4.78 is 1.25. The topological polar surface area (TPSA) is 77.8 Å². The fourth-order valence-electron chi connectivity index (χ4n) is 2.38. The normalized spacial score (nSPS) is 12.0. The molecule has 0 radical (unpaired) electrons. The number of aromatic amines is 2. The summed E-state index contributed by atoms with van der Waals surface area (Å²) >= 11 is 8.39. The van der Waals surface area contributed by atoms with Gasteiger partial charge in [-0.2, -0.15) is 0 Å². The van der Waals surface area contributed by atoms with E-state index >= 15 is 0 Å². The van der Waals surface area contributed by atoms with Gasteiger partial charge in [0.15, 0.2) is 4.77 Å². The Morgan fingerprint density at radius 2 is 2.04 bits per heavy atom. The zero-order valence-electron chi connectivity index (χ0n) is 12.9. The minimum absolute atomic E-state index is 0.102. The average molecular weight is 396 g/mol. The first-order chi connectivity index (χ1) is 10.9. The van der Waals surface area contributed by atoms with E-state index in [4.69, 9.17) is 12.2 Å². The maximum Gasteiger partial charge on any atom is 0.255 e. The Labute approximate surface area is 147 Å². The summed E-state index contributed by atoms with van der Waals surface area (Å²) in [6.45, 7) is 3.71. The van der Waals surface area contributed by atoms with Gasteiger partial charge in [0, 0.05) is 22.2 Å². The molecule has 0 aliphatic carbocycles. The SMILES string of the molecule is Cc1[nH]c(=S)[nH]c(=O)c1CCC(=O)NC(C)c1ccccc1Br. The molecule has 122 valence electrons. The third-order valence-corrected chi connectivity index (χ3v) is 4.53. The molecule has 1 atom stereocenters. The molecule has 0 fully saturated rings. The van der Waals surface area contributed by atoms with Crippen molar-refractivity contribution in [2.45, 2.75) is 32.7 Å². The van der Waals surface area contributed by atoms with Crippen LogP contribution in [0.25, 0.3) is 0 Å². The van der Waals surface area contributed by atoms with Gasteiger partial charge in [0.05, 0.1) is 6.04 Å². The molecule has 0 aliphatic rings. The summed E-state index contributed by atoms with van der Waals surface area (Å²) in [5, 5.41) is 2.95. The van der Waals surface area contributed by atoms with E-state index in [1.165, 1.54) is 0 Å². The molecular weight excluding hydrogens is 378 g/mol. The van der Waals surface area contributed by atoms with Crippen LogP contribution in [0, 0.1) is 11.7 Å². The number of aryl methyl sites for hydroxylation is 1. The first kappa shape index (κ1) is 17.6. The molecule has 0 saturated carbocycles. The molecule has 1 heterocycles. The van der Waals surface area contributed by atoms with Crippen LogP contribution in [0.2, 0.25) is 0 Å². The van der Waals surface area contributed by atoms with Crippen LogP contribution in [-0.4, -0.2) is 15.9 Å². The first-order valence-corrected chi connectivity index (χ1v) is 8.44. The summed E-state index contributed by atoms with van der Waals surface area (Å²) in [6, 6.07) is 7.64. The van der Waals surface area contributed by atoms with E-state index in [-0.39, 0.29) is 23.9 Å². The van der Waals surface area contributed by atoms with Gasteiger partial charge in [-0.05, 0) is 44.1 Å². The molecule has 3 N–H and O–H groups in total. The van der Waals surface area contributed by atoms with Gasteiger partial charge in [-0.1, -0.05) is 34.1 Å². The molecule has 0 saturated heterocycles. The predicted octanol–water partition coefficient (Wildman–Crippen LogP) is 3.31. The number of hydrogen-bond donors (Lipinski definition) is 3. The lowest BCUT2D eigenvalue weighted by atomic mass is 10.1. The van der Waals surface area contributed by atoms with Gasteiger partial charge in [0.25, 0.3) is 5.56 Å². The summed E-state index contributed by atoms with van der Waals surface area (Å²) in [5.74, 6) is -0.102. The van der Waals surface area contributed by atoms with E-state index in [9.17, 15) is 9.59 Å². The van der Waals surface area contributed by atoms with E-state index in [0.717, 1.165) is 10.0 Å². The third-order valence-electron chi connectivity index (χ3n) is 3.61. The Morgan fingerprint density at radius 1 is 1.35 bits per heavy atom. The van der Waals surface area contributed by atoms with Crippen molar-refractivity contribution in [1.29, 1.82) is 0 Å². The molecule has 7 heteroatoms. The van der Waals surface area contributed by atoms with Crippen LogP contribution in [0.5, 0.6) is 0 Å². The molecule has 1 amide bonds. The van der Waals surface area contributed by atoms with Crippen molar-refractivity contribution in [3.8, 4) is 0 Å².